The number of carboxylic acids is 1. The fraction of sp³-hybridized carbons (Fsp3) is 0.562. The molecule has 1 aromatic rings. The molecule has 1 heterocycles. The normalized spacial score (nSPS) is 17.1. The van der Waals surface area contributed by atoms with Gasteiger partial charge in [-0.1, -0.05) is 19.1 Å². The van der Waals surface area contributed by atoms with Crippen molar-refractivity contribution in [3.63, 3.8) is 0 Å². The molecule has 1 saturated heterocycles. The number of benzene rings is 1. The van der Waals surface area contributed by atoms with Crippen LogP contribution in [0.4, 0.5) is 0 Å². The van der Waals surface area contributed by atoms with Gasteiger partial charge in [0, 0.05) is 6.54 Å². The summed E-state index contributed by atoms with van der Waals surface area (Å²) in [5, 5.41) is 8.98. The van der Waals surface area contributed by atoms with Gasteiger partial charge in [-0.2, -0.15) is 0 Å². The van der Waals surface area contributed by atoms with Gasteiger partial charge in [0.15, 0.2) is 0 Å². The molecule has 0 aromatic heterocycles. The topological polar surface area (TPSA) is 49.8 Å². The third-order valence-corrected chi connectivity index (χ3v) is 3.74. The molecule has 1 N–H and O–H groups in total. The Morgan fingerprint density at radius 3 is 2.50 bits per heavy atom. The first-order valence-electron chi connectivity index (χ1n) is 7.36. The third-order valence-electron chi connectivity index (χ3n) is 3.74. The summed E-state index contributed by atoms with van der Waals surface area (Å²) >= 11 is 0. The second kappa shape index (κ2) is 7.29. The van der Waals surface area contributed by atoms with Crippen molar-refractivity contribution in [2.75, 3.05) is 19.7 Å². The standard InChI is InChI=1S/C16H23NO3/c1-2-11-20-15-5-3-13(4-6-15)12-17-9-7-14(8-10-17)16(18)19/h3-6,14H,2,7-12H2,1H3,(H,18,19). The molecule has 0 aliphatic carbocycles. The lowest BCUT2D eigenvalue weighted by atomic mass is 9.97. The molecular weight excluding hydrogens is 254 g/mol. The molecule has 4 heteroatoms. The van der Waals surface area contributed by atoms with Crippen LogP contribution in [0.25, 0.3) is 0 Å². The maximum Gasteiger partial charge on any atom is 0.306 e. The van der Waals surface area contributed by atoms with Crippen LogP contribution in [0.1, 0.15) is 31.7 Å². The van der Waals surface area contributed by atoms with Gasteiger partial charge >= 0.3 is 5.97 Å². The van der Waals surface area contributed by atoms with Crippen LogP contribution in [-0.4, -0.2) is 35.7 Å². The van der Waals surface area contributed by atoms with Crippen LogP contribution in [0.15, 0.2) is 24.3 Å². The Bertz CT molecular complexity index is 422. The second-order valence-corrected chi connectivity index (χ2v) is 5.38. The maximum absolute atomic E-state index is 10.9. The Labute approximate surface area is 120 Å². The summed E-state index contributed by atoms with van der Waals surface area (Å²) in [6.07, 6.45) is 2.53. The molecule has 0 unspecified atom stereocenters. The van der Waals surface area contributed by atoms with Gasteiger partial charge in [-0.05, 0) is 50.0 Å². The fourth-order valence-corrected chi connectivity index (χ4v) is 2.51. The van der Waals surface area contributed by atoms with Crippen molar-refractivity contribution in [2.24, 2.45) is 5.92 Å². The highest BCUT2D eigenvalue weighted by atomic mass is 16.5. The van der Waals surface area contributed by atoms with Crippen LogP contribution in [0.5, 0.6) is 5.75 Å². The molecule has 2 rings (SSSR count). The summed E-state index contributed by atoms with van der Waals surface area (Å²) in [6, 6.07) is 8.20. The molecule has 4 nitrogen and oxygen atoms in total. The van der Waals surface area contributed by atoms with Crippen LogP contribution in [0.2, 0.25) is 0 Å². The van der Waals surface area contributed by atoms with E-state index in [9.17, 15) is 4.79 Å². The van der Waals surface area contributed by atoms with Crippen molar-refractivity contribution in [3.05, 3.63) is 29.8 Å². The largest absolute Gasteiger partial charge is 0.494 e. The van der Waals surface area contributed by atoms with Crippen molar-refractivity contribution >= 4 is 5.97 Å². The van der Waals surface area contributed by atoms with Gasteiger partial charge in [-0.15, -0.1) is 0 Å². The molecule has 0 bridgehead atoms. The highest BCUT2D eigenvalue weighted by Crippen LogP contribution is 2.20. The molecule has 20 heavy (non-hydrogen) atoms. The van der Waals surface area contributed by atoms with Gasteiger partial charge in [0.2, 0.25) is 0 Å². The van der Waals surface area contributed by atoms with E-state index in [-0.39, 0.29) is 5.92 Å². The van der Waals surface area contributed by atoms with Gasteiger partial charge in [0.1, 0.15) is 5.75 Å². The zero-order valence-corrected chi connectivity index (χ0v) is 12.0. The zero-order valence-electron chi connectivity index (χ0n) is 12.0. The van der Waals surface area contributed by atoms with Crippen LogP contribution >= 0.6 is 0 Å². The Kier molecular flexibility index (Phi) is 5.41. The number of aliphatic carboxylic acids is 1. The smallest absolute Gasteiger partial charge is 0.306 e. The van der Waals surface area contributed by atoms with E-state index < -0.39 is 5.97 Å². The van der Waals surface area contributed by atoms with Crippen LogP contribution < -0.4 is 4.74 Å². The number of hydrogen-bond donors (Lipinski definition) is 1. The van der Waals surface area contributed by atoms with E-state index >= 15 is 0 Å². The average Bonchev–Trinajstić information content (AvgIpc) is 2.47. The van der Waals surface area contributed by atoms with Crippen molar-refractivity contribution in [2.45, 2.75) is 32.7 Å². The highest BCUT2D eigenvalue weighted by molar-refractivity contribution is 5.70. The minimum atomic E-state index is -0.651. The predicted molar refractivity (Wildman–Crippen MR) is 77.9 cm³/mol. The number of carbonyl (C=O) groups is 1. The molecule has 1 aromatic carbocycles. The van der Waals surface area contributed by atoms with E-state index in [0.29, 0.717) is 0 Å². The first kappa shape index (κ1) is 14.9. The van der Waals surface area contributed by atoms with E-state index in [1.807, 2.05) is 12.1 Å². The molecule has 0 spiro atoms. The number of ether oxygens (including phenoxy) is 1. The van der Waals surface area contributed by atoms with Gasteiger partial charge < -0.3 is 9.84 Å². The number of hydrogen-bond acceptors (Lipinski definition) is 3. The van der Waals surface area contributed by atoms with E-state index in [2.05, 4.69) is 24.0 Å². The predicted octanol–water partition coefficient (Wildman–Crippen LogP) is 2.77. The molecule has 1 aliphatic heterocycles. The number of nitrogens with zero attached hydrogens (tertiary/aromatic N) is 1. The quantitative estimate of drug-likeness (QED) is 0.868. The minimum Gasteiger partial charge on any atom is -0.494 e. The Balaban J connectivity index is 1.80. The van der Waals surface area contributed by atoms with Crippen LogP contribution in [-0.2, 0) is 11.3 Å². The van der Waals surface area contributed by atoms with Gasteiger partial charge in [-0.25, -0.2) is 0 Å². The lowest BCUT2D eigenvalue weighted by molar-refractivity contribution is -0.143. The molecule has 0 radical (unpaired) electrons. The molecule has 0 saturated carbocycles. The lowest BCUT2D eigenvalue weighted by Gasteiger charge is -2.30. The van der Waals surface area contributed by atoms with Gasteiger partial charge in [0.05, 0.1) is 12.5 Å². The molecule has 0 amide bonds. The Hall–Kier alpha value is -1.55. The average molecular weight is 277 g/mol. The van der Waals surface area contributed by atoms with E-state index in [1.54, 1.807) is 0 Å². The number of likely N-dealkylation sites (tertiary alicyclic amines) is 1. The van der Waals surface area contributed by atoms with Crippen molar-refractivity contribution in [3.8, 4) is 5.75 Å². The van der Waals surface area contributed by atoms with Crippen molar-refractivity contribution in [1.82, 2.24) is 4.90 Å². The van der Waals surface area contributed by atoms with Crippen LogP contribution in [0.3, 0.4) is 0 Å². The zero-order chi connectivity index (χ0) is 14.4. The number of piperidine rings is 1. The van der Waals surface area contributed by atoms with E-state index in [0.717, 1.165) is 51.3 Å². The molecule has 110 valence electrons. The summed E-state index contributed by atoms with van der Waals surface area (Å²) in [4.78, 5) is 13.2. The summed E-state index contributed by atoms with van der Waals surface area (Å²) in [5.74, 6) is 0.110. The first-order chi connectivity index (χ1) is 9.69. The first-order valence-corrected chi connectivity index (χ1v) is 7.36. The Morgan fingerprint density at radius 1 is 1.30 bits per heavy atom. The second-order valence-electron chi connectivity index (χ2n) is 5.38. The summed E-state index contributed by atoms with van der Waals surface area (Å²) in [5.41, 5.74) is 1.25. The summed E-state index contributed by atoms with van der Waals surface area (Å²) in [7, 11) is 0. The van der Waals surface area contributed by atoms with Crippen molar-refractivity contribution in [1.29, 1.82) is 0 Å². The van der Waals surface area contributed by atoms with Gasteiger partial charge in [0.25, 0.3) is 0 Å². The fourth-order valence-electron chi connectivity index (χ4n) is 2.51. The summed E-state index contributed by atoms with van der Waals surface area (Å²) in [6.45, 7) is 5.47. The third kappa shape index (κ3) is 4.23. The maximum atomic E-state index is 10.9. The van der Waals surface area contributed by atoms with E-state index in [4.69, 9.17) is 9.84 Å². The van der Waals surface area contributed by atoms with E-state index in [1.165, 1.54) is 5.56 Å². The molecule has 0 atom stereocenters. The SMILES string of the molecule is CCCOc1ccc(CN2CCC(C(=O)O)CC2)cc1. The molecule has 1 aliphatic rings. The molecular formula is C16H23NO3. The molecule has 1 fully saturated rings. The highest BCUT2D eigenvalue weighted by Gasteiger charge is 2.24. The van der Waals surface area contributed by atoms with Gasteiger partial charge in [-0.3, -0.25) is 9.69 Å². The van der Waals surface area contributed by atoms with Crippen LogP contribution in [0, 0.1) is 5.92 Å². The lowest BCUT2D eigenvalue weighted by Crippen LogP contribution is -2.35. The van der Waals surface area contributed by atoms with Crippen molar-refractivity contribution < 1.29 is 14.6 Å². The Morgan fingerprint density at radius 2 is 1.95 bits per heavy atom. The number of carboxylic acid groups (broad SMARTS) is 1. The summed E-state index contributed by atoms with van der Waals surface area (Å²) < 4.78 is 5.56. The number of rotatable bonds is 6. The minimum absolute atomic E-state index is 0.156. The monoisotopic (exact) mass is 277 g/mol.